The number of carbonyl (C=O) groups is 1. The molecule has 9 heteroatoms. The Labute approximate surface area is 113 Å². The van der Waals surface area contributed by atoms with Crippen molar-refractivity contribution in [3.8, 4) is 5.75 Å². The third-order valence-electron chi connectivity index (χ3n) is 2.00. The number of aromatic nitrogens is 1. The number of hydrogen-bond donors (Lipinski definition) is 1. The number of halogens is 4. The average molecular weight is 344 g/mol. The summed E-state index contributed by atoms with van der Waals surface area (Å²) < 4.78 is 45.0. The molecule has 106 valence electrons. The number of alkyl halides is 4. The van der Waals surface area contributed by atoms with E-state index in [-0.39, 0.29) is 17.5 Å². The summed E-state index contributed by atoms with van der Waals surface area (Å²) in [5, 5.41) is -0.120. The summed E-state index contributed by atoms with van der Waals surface area (Å²) in [5.41, 5.74) is -1.44. The zero-order valence-electron chi connectivity index (χ0n) is 9.64. The van der Waals surface area contributed by atoms with E-state index in [1.165, 1.54) is 6.92 Å². The molecule has 1 aromatic heterocycles. The van der Waals surface area contributed by atoms with Crippen LogP contribution in [0.1, 0.15) is 22.8 Å². The maximum atomic E-state index is 12.2. The van der Waals surface area contributed by atoms with Gasteiger partial charge in [0.2, 0.25) is 0 Å². The van der Waals surface area contributed by atoms with Crippen LogP contribution in [0.2, 0.25) is 0 Å². The Morgan fingerprint density at radius 3 is 2.58 bits per heavy atom. The molecule has 0 aliphatic heterocycles. The number of rotatable bonds is 4. The first kappa shape index (κ1) is 15.5. The Bertz CT molecular complexity index is 526. The van der Waals surface area contributed by atoms with Crippen LogP contribution in [0.4, 0.5) is 13.2 Å². The van der Waals surface area contributed by atoms with Crippen LogP contribution in [0, 0.1) is 0 Å². The molecule has 0 radical (unpaired) electrons. The normalized spacial score (nSPS) is 11.2. The van der Waals surface area contributed by atoms with Crippen LogP contribution in [0.25, 0.3) is 0 Å². The first-order valence-corrected chi connectivity index (χ1v) is 6.15. The van der Waals surface area contributed by atoms with Crippen LogP contribution in [0.5, 0.6) is 5.75 Å². The minimum atomic E-state index is -4.98. The lowest BCUT2D eigenvalue weighted by molar-refractivity contribution is -0.274. The smallest absolute Gasteiger partial charge is 0.462 e. The van der Waals surface area contributed by atoms with Gasteiger partial charge in [0.25, 0.3) is 5.56 Å². The molecule has 1 N–H and O–H groups in total. The van der Waals surface area contributed by atoms with E-state index in [4.69, 9.17) is 0 Å². The molecule has 0 aromatic carbocycles. The molecule has 5 nitrogen and oxygen atoms in total. The molecule has 0 aliphatic rings. The second-order valence-corrected chi connectivity index (χ2v) is 3.80. The Hall–Kier alpha value is -1.51. The van der Waals surface area contributed by atoms with Gasteiger partial charge in [-0.2, -0.15) is 0 Å². The Morgan fingerprint density at radius 2 is 2.11 bits per heavy atom. The Kier molecular flexibility index (Phi) is 4.98. The first-order chi connectivity index (χ1) is 8.80. The van der Waals surface area contributed by atoms with Gasteiger partial charge in [-0.1, -0.05) is 15.9 Å². The molecule has 0 saturated carbocycles. The van der Waals surface area contributed by atoms with Gasteiger partial charge in [-0.05, 0) is 6.92 Å². The Balaban J connectivity index is 3.38. The number of H-pyrrole nitrogens is 1. The molecular formula is C10H9BrF3NO4. The van der Waals surface area contributed by atoms with Gasteiger partial charge in [0.05, 0.1) is 6.61 Å². The van der Waals surface area contributed by atoms with Gasteiger partial charge in [-0.25, -0.2) is 4.79 Å². The van der Waals surface area contributed by atoms with Crippen LogP contribution in [0.15, 0.2) is 11.0 Å². The molecule has 0 fully saturated rings. The van der Waals surface area contributed by atoms with Gasteiger partial charge in [0.15, 0.2) is 5.75 Å². The molecule has 0 bridgehead atoms. The molecule has 1 aromatic rings. The van der Waals surface area contributed by atoms with Crippen molar-refractivity contribution in [1.29, 1.82) is 0 Å². The fraction of sp³-hybridized carbons (Fsp3) is 0.400. The summed E-state index contributed by atoms with van der Waals surface area (Å²) in [6.45, 7) is 1.45. The lowest BCUT2D eigenvalue weighted by Gasteiger charge is -2.14. The number of carbonyl (C=O) groups excluding carboxylic acids is 1. The number of ether oxygens (including phenoxy) is 2. The van der Waals surface area contributed by atoms with Gasteiger partial charge in [-0.15, -0.1) is 13.2 Å². The molecule has 1 rings (SSSR count). The average Bonchev–Trinajstić information content (AvgIpc) is 2.29. The third-order valence-corrected chi connectivity index (χ3v) is 2.56. The van der Waals surface area contributed by atoms with Crippen molar-refractivity contribution in [1.82, 2.24) is 4.98 Å². The number of aromatic amines is 1. The highest BCUT2D eigenvalue weighted by Crippen LogP contribution is 2.28. The van der Waals surface area contributed by atoms with Gasteiger partial charge in [0, 0.05) is 17.1 Å². The maximum absolute atomic E-state index is 12.2. The predicted octanol–water partition coefficient (Wildman–Crippen LogP) is 2.35. The first-order valence-electron chi connectivity index (χ1n) is 5.03. The van der Waals surface area contributed by atoms with Crippen LogP contribution >= 0.6 is 15.9 Å². The highest BCUT2D eigenvalue weighted by molar-refractivity contribution is 9.08. The van der Waals surface area contributed by atoms with Gasteiger partial charge >= 0.3 is 12.3 Å². The van der Waals surface area contributed by atoms with Crippen LogP contribution < -0.4 is 10.3 Å². The number of pyridine rings is 1. The summed E-state index contributed by atoms with van der Waals surface area (Å²) in [6, 6.07) is 0. The van der Waals surface area contributed by atoms with Crippen molar-refractivity contribution < 1.29 is 27.4 Å². The fourth-order valence-electron chi connectivity index (χ4n) is 1.31. The molecule has 0 spiro atoms. The van der Waals surface area contributed by atoms with Crippen LogP contribution in [-0.2, 0) is 10.1 Å². The molecule has 19 heavy (non-hydrogen) atoms. The standard InChI is InChI=1S/C10H9BrF3NO4/c1-2-18-9(17)7-5(3-11)8(16)15-4-6(7)19-10(12,13)14/h4H,2-3H2,1H3,(H,15,16). The van der Waals surface area contributed by atoms with Gasteiger partial charge in [-0.3, -0.25) is 4.79 Å². The molecule has 0 unspecified atom stereocenters. The number of hydrogen-bond acceptors (Lipinski definition) is 4. The summed E-state index contributed by atoms with van der Waals surface area (Å²) >= 11 is 2.93. The second-order valence-electron chi connectivity index (χ2n) is 3.24. The zero-order chi connectivity index (χ0) is 14.6. The highest BCUT2D eigenvalue weighted by Gasteiger charge is 2.34. The number of esters is 1. The molecule has 0 saturated heterocycles. The third kappa shape index (κ3) is 3.98. The quantitative estimate of drug-likeness (QED) is 0.673. The maximum Gasteiger partial charge on any atom is 0.573 e. The Morgan fingerprint density at radius 1 is 1.47 bits per heavy atom. The van der Waals surface area contributed by atoms with E-state index in [1.54, 1.807) is 0 Å². The molecule has 0 atom stereocenters. The minimum Gasteiger partial charge on any atom is -0.462 e. The van der Waals surface area contributed by atoms with Crippen molar-refractivity contribution in [2.45, 2.75) is 18.6 Å². The van der Waals surface area contributed by atoms with Crippen LogP contribution in [-0.4, -0.2) is 23.9 Å². The van der Waals surface area contributed by atoms with E-state index in [0.29, 0.717) is 6.20 Å². The van der Waals surface area contributed by atoms with Crippen molar-refractivity contribution in [3.05, 3.63) is 27.7 Å². The van der Waals surface area contributed by atoms with Crippen molar-refractivity contribution in [2.24, 2.45) is 0 Å². The topological polar surface area (TPSA) is 68.4 Å². The SMILES string of the molecule is CCOC(=O)c1c(OC(F)(F)F)c[nH]c(=O)c1CBr. The van der Waals surface area contributed by atoms with E-state index in [9.17, 15) is 22.8 Å². The highest BCUT2D eigenvalue weighted by atomic mass is 79.9. The van der Waals surface area contributed by atoms with E-state index in [2.05, 4.69) is 30.4 Å². The van der Waals surface area contributed by atoms with Gasteiger partial charge < -0.3 is 14.5 Å². The summed E-state index contributed by atoms with van der Waals surface area (Å²) in [5.74, 6) is -1.86. The summed E-state index contributed by atoms with van der Waals surface area (Å²) in [4.78, 5) is 25.2. The van der Waals surface area contributed by atoms with Crippen molar-refractivity contribution in [2.75, 3.05) is 6.61 Å². The predicted molar refractivity (Wildman–Crippen MR) is 62.3 cm³/mol. The summed E-state index contributed by atoms with van der Waals surface area (Å²) in [6.07, 6.45) is -4.31. The molecule has 0 aliphatic carbocycles. The lowest BCUT2D eigenvalue weighted by Crippen LogP contribution is -2.24. The monoisotopic (exact) mass is 343 g/mol. The zero-order valence-corrected chi connectivity index (χ0v) is 11.2. The molecule has 0 amide bonds. The molecular weight excluding hydrogens is 335 g/mol. The van der Waals surface area contributed by atoms with Gasteiger partial charge in [0.1, 0.15) is 5.56 Å². The van der Waals surface area contributed by atoms with E-state index < -0.39 is 29.2 Å². The van der Waals surface area contributed by atoms with Crippen molar-refractivity contribution in [3.63, 3.8) is 0 Å². The van der Waals surface area contributed by atoms with E-state index in [1.807, 2.05) is 0 Å². The largest absolute Gasteiger partial charge is 0.573 e. The minimum absolute atomic E-state index is 0.0428. The van der Waals surface area contributed by atoms with Crippen molar-refractivity contribution >= 4 is 21.9 Å². The number of nitrogens with one attached hydrogen (secondary N) is 1. The molecule has 1 heterocycles. The lowest BCUT2D eigenvalue weighted by atomic mass is 10.1. The summed E-state index contributed by atoms with van der Waals surface area (Å²) in [7, 11) is 0. The van der Waals surface area contributed by atoms with Crippen LogP contribution in [0.3, 0.4) is 0 Å². The van der Waals surface area contributed by atoms with E-state index in [0.717, 1.165) is 0 Å². The second kappa shape index (κ2) is 6.09. The van der Waals surface area contributed by atoms with E-state index >= 15 is 0 Å². The fourth-order valence-corrected chi connectivity index (χ4v) is 1.85.